The summed E-state index contributed by atoms with van der Waals surface area (Å²) in [6.45, 7) is 2.66. The van der Waals surface area contributed by atoms with Gasteiger partial charge in [-0.05, 0) is 44.4 Å². The van der Waals surface area contributed by atoms with E-state index in [-0.39, 0.29) is 12.3 Å². The molecule has 6 atom stereocenters. The molecule has 0 aromatic heterocycles. The van der Waals surface area contributed by atoms with E-state index in [9.17, 15) is 72.9 Å². The van der Waals surface area contributed by atoms with E-state index in [0.29, 0.717) is 0 Å². The topological polar surface area (TPSA) is 430 Å². The van der Waals surface area contributed by atoms with Crippen LogP contribution < -0.4 is 43.4 Å². The molecule has 0 spiro atoms. The van der Waals surface area contributed by atoms with Gasteiger partial charge in [0.1, 0.15) is 36.3 Å². The van der Waals surface area contributed by atoms with Crippen LogP contribution in [-0.4, -0.2) is 140 Å². The predicted molar refractivity (Wildman–Crippen MR) is 194 cm³/mol. The van der Waals surface area contributed by atoms with Crippen molar-refractivity contribution in [2.75, 3.05) is 6.54 Å². The molecular weight excluding hydrogens is 780 g/mol. The van der Waals surface area contributed by atoms with Crippen LogP contribution in [0.2, 0.25) is 0 Å². The number of primary amides is 1. The minimum atomic E-state index is -1.77. The molecule has 326 valence electrons. The van der Waals surface area contributed by atoms with Gasteiger partial charge in [-0.2, -0.15) is 0 Å². The normalized spacial score (nSPS) is 13.9. The standard InChI is InChI=1S/C33H52N8O17/c1-15(2)13-21(32(56)39-17(3-8-22(35)42)30(54)40-20(33(57)58)7-12-27(50)51)41-31(55)19(6-11-26(48)49)38-29(53)18(5-10-25(46)47)37-28(52)16(4-9-24(44)45)36-23(43)14-34/h15-21H,3-14,34H2,1-2H3,(H2,35,42)(H,36,43)(H,37,52)(H,38,53)(H,39,56)(H,40,54)(H,41,55)(H,44,45)(H,46,47)(H,48,49)(H,50,51)(H,57,58)/t16-,17-,18-,19-,20-,21-/m0/s1. The number of nitrogens with two attached hydrogens (primary N) is 2. The SMILES string of the molecule is CC(C)C[C@H](NC(=O)[C@H](CCC(=O)O)NC(=O)[C@H](CCC(=O)O)NC(=O)[C@H](CCC(=O)O)NC(=O)CN)C(=O)N[C@@H](CCC(N)=O)C(=O)N[C@@H](CCC(=O)O)C(=O)O. The molecule has 0 unspecified atom stereocenters. The summed E-state index contributed by atoms with van der Waals surface area (Å²) in [6, 6.07) is -9.97. The van der Waals surface area contributed by atoms with Crippen molar-refractivity contribution in [1.29, 1.82) is 0 Å². The molecule has 0 radical (unpaired) electrons. The first-order chi connectivity index (χ1) is 27.0. The number of aliphatic carboxylic acids is 5. The number of carbonyl (C=O) groups excluding carboxylic acids is 7. The van der Waals surface area contributed by atoms with E-state index in [1.807, 2.05) is 0 Å². The van der Waals surface area contributed by atoms with Crippen LogP contribution in [0.1, 0.15) is 84.5 Å². The summed E-state index contributed by atoms with van der Waals surface area (Å²) in [5, 5.41) is 59.3. The summed E-state index contributed by atoms with van der Waals surface area (Å²) in [7, 11) is 0. The Morgan fingerprint density at radius 3 is 1.00 bits per heavy atom. The highest BCUT2D eigenvalue weighted by Gasteiger charge is 2.34. The van der Waals surface area contributed by atoms with Crippen LogP contribution in [0.5, 0.6) is 0 Å². The Morgan fingerprint density at radius 2 is 0.707 bits per heavy atom. The van der Waals surface area contributed by atoms with Gasteiger partial charge in [-0.25, -0.2) is 4.79 Å². The molecule has 0 aliphatic carbocycles. The number of hydrogen-bond donors (Lipinski definition) is 13. The summed E-state index contributed by atoms with van der Waals surface area (Å²) in [4.78, 5) is 147. The minimum absolute atomic E-state index is 0.152. The van der Waals surface area contributed by atoms with Crippen LogP contribution in [0.15, 0.2) is 0 Å². The number of rotatable bonds is 30. The Kier molecular flexibility index (Phi) is 23.5. The van der Waals surface area contributed by atoms with E-state index in [4.69, 9.17) is 21.7 Å². The molecule has 0 aromatic rings. The fourth-order valence-electron chi connectivity index (χ4n) is 5.01. The van der Waals surface area contributed by atoms with Crippen LogP contribution in [0.3, 0.4) is 0 Å². The van der Waals surface area contributed by atoms with Crippen molar-refractivity contribution >= 4 is 71.2 Å². The summed E-state index contributed by atoms with van der Waals surface area (Å²) < 4.78 is 0. The lowest BCUT2D eigenvalue weighted by molar-refractivity contribution is -0.144. The second kappa shape index (κ2) is 26.5. The molecule has 0 aliphatic heterocycles. The molecule has 0 fully saturated rings. The van der Waals surface area contributed by atoms with Crippen molar-refractivity contribution in [2.45, 2.75) is 121 Å². The van der Waals surface area contributed by atoms with E-state index in [2.05, 4.69) is 31.9 Å². The number of carbonyl (C=O) groups is 12. The van der Waals surface area contributed by atoms with Crippen molar-refractivity contribution in [3.63, 3.8) is 0 Å². The van der Waals surface area contributed by atoms with Gasteiger partial charge in [0.2, 0.25) is 41.4 Å². The van der Waals surface area contributed by atoms with Crippen LogP contribution in [0.25, 0.3) is 0 Å². The third-order valence-corrected chi connectivity index (χ3v) is 7.96. The highest BCUT2D eigenvalue weighted by Crippen LogP contribution is 2.11. The summed E-state index contributed by atoms with van der Waals surface area (Å²) >= 11 is 0. The fraction of sp³-hybridized carbons (Fsp3) is 0.636. The number of carboxylic acid groups (broad SMARTS) is 5. The zero-order valence-electron chi connectivity index (χ0n) is 31.8. The molecular formula is C33H52N8O17. The fourth-order valence-corrected chi connectivity index (χ4v) is 5.01. The number of hydrogen-bond acceptors (Lipinski definition) is 13. The van der Waals surface area contributed by atoms with Crippen LogP contribution >= 0.6 is 0 Å². The van der Waals surface area contributed by atoms with Gasteiger partial charge in [0.15, 0.2) is 0 Å². The Balaban J connectivity index is 6.51. The van der Waals surface area contributed by atoms with Crippen molar-refractivity contribution in [3.8, 4) is 0 Å². The molecule has 0 aliphatic rings. The second-order valence-electron chi connectivity index (χ2n) is 13.3. The molecule has 0 heterocycles. The van der Waals surface area contributed by atoms with Crippen LogP contribution in [0, 0.1) is 5.92 Å². The van der Waals surface area contributed by atoms with Gasteiger partial charge in [0, 0.05) is 32.1 Å². The first kappa shape index (κ1) is 51.6. The number of nitrogens with one attached hydrogen (secondary N) is 6. The second-order valence-corrected chi connectivity index (χ2v) is 13.3. The van der Waals surface area contributed by atoms with Crippen molar-refractivity contribution in [1.82, 2.24) is 31.9 Å². The van der Waals surface area contributed by atoms with Crippen molar-refractivity contribution in [2.24, 2.45) is 17.4 Å². The summed E-state index contributed by atoms with van der Waals surface area (Å²) in [5.74, 6) is -15.0. The molecule has 0 rings (SSSR count). The van der Waals surface area contributed by atoms with Crippen LogP contribution in [-0.2, 0) is 57.5 Å². The molecule has 25 nitrogen and oxygen atoms in total. The average Bonchev–Trinajstić information content (AvgIpc) is 3.11. The third-order valence-electron chi connectivity index (χ3n) is 7.96. The number of amides is 7. The van der Waals surface area contributed by atoms with Gasteiger partial charge in [0.05, 0.1) is 6.54 Å². The van der Waals surface area contributed by atoms with E-state index in [1.165, 1.54) is 0 Å². The molecule has 15 N–H and O–H groups in total. The first-order valence-corrected chi connectivity index (χ1v) is 17.9. The smallest absolute Gasteiger partial charge is 0.326 e. The highest BCUT2D eigenvalue weighted by molar-refractivity contribution is 5.97. The molecule has 0 aromatic carbocycles. The van der Waals surface area contributed by atoms with Gasteiger partial charge in [-0.1, -0.05) is 13.8 Å². The van der Waals surface area contributed by atoms with Crippen LogP contribution in [0.4, 0.5) is 0 Å². The highest BCUT2D eigenvalue weighted by atomic mass is 16.4. The zero-order chi connectivity index (χ0) is 44.7. The lowest BCUT2D eigenvalue weighted by atomic mass is 10.0. The van der Waals surface area contributed by atoms with E-state index in [0.717, 1.165) is 0 Å². The maximum Gasteiger partial charge on any atom is 0.326 e. The largest absolute Gasteiger partial charge is 0.481 e. The van der Waals surface area contributed by atoms with Gasteiger partial charge >= 0.3 is 29.8 Å². The van der Waals surface area contributed by atoms with Gasteiger partial charge in [0.25, 0.3) is 0 Å². The maximum atomic E-state index is 13.6. The monoisotopic (exact) mass is 832 g/mol. The Bertz CT molecular complexity index is 1540. The van der Waals surface area contributed by atoms with E-state index < -0.39 is 178 Å². The lowest BCUT2D eigenvalue weighted by Gasteiger charge is -2.28. The Labute approximate surface area is 330 Å². The maximum absolute atomic E-state index is 13.6. The molecule has 58 heavy (non-hydrogen) atoms. The van der Waals surface area contributed by atoms with Crippen molar-refractivity contribution < 1.29 is 83.1 Å². The lowest BCUT2D eigenvalue weighted by Crippen LogP contribution is -2.59. The molecule has 0 saturated heterocycles. The van der Waals surface area contributed by atoms with Gasteiger partial charge < -0.3 is 68.9 Å². The molecule has 25 heteroatoms. The number of carboxylic acids is 5. The summed E-state index contributed by atoms with van der Waals surface area (Å²) in [6.07, 6.45) is -6.09. The first-order valence-electron chi connectivity index (χ1n) is 17.9. The summed E-state index contributed by atoms with van der Waals surface area (Å²) in [5.41, 5.74) is 10.5. The Morgan fingerprint density at radius 1 is 0.431 bits per heavy atom. The molecule has 7 amide bonds. The Hall–Kier alpha value is -6.40. The zero-order valence-corrected chi connectivity index (χ0v) is 31.8. The molecule has 0 saturated carbocycles. The molecule has 0 bridgehead atoms. The van der Waals surface area contributed by atoms with E-state index in [1.54, 1.807) is 13.8 Å². The minimum Gasteiger partial charge on any atom is -0.481 e. The third kappa shape index (κ3) is 22.2. The quantitative estimate of drug-likeness (QED) is 0.0326. The predicted octanol–water partition coefficient (Wildman–Crippen LogP) is -4.29. The average molecular weight is 833 g/mol. The van der Waals surface area contributed by atoms with Crippen molar-refractivity contribution in [3.05, 3.63) is 0 Å². The van der Waals surface area contributed by atoms with Gasteiger partial charge in [-0.15, -0.1) is 0 Å². The van der Waals surface area contributed by atoms with E-state index >= 15 is 0 Å². The van der Waals surface area contributed by atoms with Gasteiger partial charge in [-0.3, -0.25) is 52.7 Å².